The quantitative estimate of drug-likeness (QED) is 0.303. The highest BCUT2D eigenvalue weighted by Gasteiger charge is 2.21. The van der Waals surface area contributed by atoms with Gasteiger partial charge in [-0.1, -0.05) is 24.3 Å². The van der Waals surface area contributed by atoms with Crippen LogP contribution in [-0.4, -0.2) is 21.1 Å². The first kappa shape index (κ1) is 21.8. The van der Waals surface area contributed by atoms with Crippen molar-refractivity contribution in [2.45, 2.75) is 25.7 Å². The largest absolute Gasteiger partial charge is 0.457 e. The fraction of sp³-hybridized carbons (Fsp3) is 0.179. The maximum atomic E-state index is 11.8. The standard InChI is InChI=1S/C28H25N3O3/c32-28(31-33)22-9-8-20-7-6-19(16-23(20)18-22)17-27-29-15-14-26(30-27)21-10-12-25(13-11-21)34-24-4-2-1-3-5-24/h1-5,8-15,18-19,33H,6-7,16-17H2,(H,31,32). The summed E-state index contributed by atoms with van der Waals surface area (Å²) in [4.78, 5) is 21.1. The van der Waals surface area contributed by atoms with Gasteiger partial charge in [0.05, 0.1) is 5.69 Å². The number of rotatable bonds is 6. The first-order valence-corrected chi connectivity index (χ1v) is 11.4. The van der Waals surface area contributed by atoms with Crippen LogP contribution in [0, 0.1) is 5.92 Å². The number of para-hydroxylation sites is 1. The predicted molar refractivity (Wildman–Crippen MR) is 129 cm³/mol. The molecule has 1 heterocycles. The Morgan fingerprint density at radius 1 is 0.971 bits per heavy atom. The van der Waals surface area contributed by atoms with Gasteiger partial charge in [-0.3, -0.25) is 10.0 Å². The van der Waals surface area contributed by atoms with Crippen LogP contribution in [-0.2, 0) is 19.3 Å². The molecule has 6 heteroatoms. The molecule has 1 aromatic heterocycles. The number of hydrogen-bond donors (Lipinski definition) is 2. The molecule has 0 bridgehead atoms. The molecule has 0 saturated carbocycles. The van der Waals surface area contributed by atoms with E-state index in [1.54, 1.807) is 11.5 Å². The van der Waals surface area contributed by atoms with E-state index < -0.39 is 5.91 Å². The number of ether oxygens (including phenoxy) is 1. The molecule has 170 valence electrons. The van der Waals surface area contributed by atoms with Crippen molar-refractivity contribution in [1.82, 2.24) is 15.4 Å². The van der Waals surface area contributed by atoms with Crippen LogP contribution in [0.1, 0.15) is 33.7 Å². The van der Waals surface area contributed by atoms with Gasteiger partial charge in [-0.2, -0.15) is 0 Å². The van der Waals surface area contributed by atoms with Crippen molar-refractivity contribution in [2.24, 2.45) is 5.92 Å². The van der Waals surface area contributed by atoms with E-state index in [9.17, 15) is 4.79 Å². The van der Waals surface area contributed by atoms with Crippen LogP contribution in [0.5, 0.6) is 11.5 Å². The van der Waals surface area contributed by atoms with E-state index in [1.165, 1.54) is 5.56 Å². The zero-order chi connectivity index (χ0) is 23.3. The van der Waals surface area contributed by atoms with Gasteiger partial charge in [0, 0.05) is 23.7 Å². The number of carbonyl (C=O) groups is 1. The Morgan fingerprint density at radius 2 is 1.76 bits per heavy atom. The number of carbonyl (C=O) groups excluding carboxylic acids is 1. The zero-order valence-electron chi connectivity index (χ0n) is 18.6. The highest BCUT2D eigenvalue weighted by molar-refractivity contribution is 5.93. The van der Waals surface area contributed by atoms with Crippen LogP contribution >= 0.6 is 0 Å². The van der Waals surface area contributed by atoms with Gasteiger partial charge >= 0.3 is 0 Å². The monoisotopic (exact) mass is 451 g/mol. The number of aryl methyl sites for hydroxylation is 1. The zero-order valence-corrected chi connectivity index (χ0v) is 18.6. The van der Waals surface area contributed by atoms with Crippen molar-refractivity contribution >= 4 is 5.91 Å². The molecule has 1 amide bonds. The van der Waals surface area contributed by atoms with E-state index in [1.807, 2.05) is 79.0 Å². The minimum absolute atomic E-state index is 0.400. The van der Waals surface area contributed by atoms with Crippen molar-refractivity contribution in [3.63, 3.8) is 0 Å². The van der Waals surface area contributed by atoms with Gasteiger partial charge < -0.3 is 4.74 Å². The fourth-order valence-electron chi connectivity index (χ4n) is 4.45. The Bertz CT molecular complexity index is 1290. The lowest BCUT2D eigenvalue weighted by Crippen LogP contribution is -2.21. The molecule has 0 radical (unpaired) electrons. The molecule has 0 saturated heterocycles. The number of nitrogens with one attached hydrogen (secondary N) is 1. The number of amides is 1. The lowest BCUT2D eigenvalue weighted by atomic mass is 9.81. The first-order valence-electron chi connectivity index (χ1n) is 11.4. The van der Waals surface area contributed by atoms with Crippen molar-refractivity contribution < 1.29 is 14.7 Å². The van der Waals surface area contributed by atoms with Crippen LogP contribution < -0.4 is 10.2 Å². The maximum absolute atomic E-state index is 11.8. The van der Waals surface area contributed by atoms with Crippen LogP contribution in [0.25, 0.3) is 11.3 Å². The highest BCUT2D eigenvalue weighted by Crippen LogP contribution is 2.29. The average Bonchev–Trinajstić information content (AvgIpc) is 2.89. The first-order chi connectivity index (χ1) is 16.7. The summed E-state index contributed by atoms with van der Waals surface area (Å²) in [5, 5.41) is 8.92. The van der Waals surface area contributed by atoms with E-state index in [4.69, 9.17) is 14.9 Å². The third-order valence-corrected chi connectivity index (χ3v) is 6.21. The summed E-state index contributed by atoms with van der Waals surface area (Å²) in [6.07, 6.45) is 5.47. The lowest BCUT2D eigenvalue weighted by Gasteiger charge is -2.24. The van der Waals surface area contributed by atoms with Gasteiger partial charge in [0.25, 0.3) is 5.91 Å². The van der Waals surface area contributed by atoms with Crippen LogP contribution in [0.3, 0.4) is 0 Å². The number of hydrogen-bond acceptors (Lipinski definition) is 5. The summed E-state index contributed by atoms with van der Waals surface area (Å²) in [5.41, 5.74) is 6.49. The summed E-state index contributed by atoms with van der Waals surface area (Å²) < 4.78 is 5.88. The molecule has 1 aliphatic carbocycles. The van der Waals surface area contributed by atoms with Gasteiger partial charge in [0.2, 0.25) is 0 Å². The number of hydroxylamine groups is 1. The Kier molecular flexibility index (Phi) is 6.31. The molecule has 4 aromatic rings. The molecule has 0 spiro atoms. The molecule has 1 atom stereocenters. The van der Waals surface area contributed by atoms with Crippen molar-refractivity contribution in [3.8, 4) is 22.8 Å². The second-order valence-electron chi connectivity index (χ2n) is 8.53. The number of aromatic nitrogens is 2. The Balaban J connectivity index is 1.27. The minimum atomic E-state index is -0.485. The summed E-state index contributed by atoms with van der Waals surface area (Å²) in [6.45, 7) is 0. The smallest absolute Gasteiger partial charge is 0.274 e. The molecule has 3 aromatic carbocycles. The SMILES string of the molecule is O=C(NO)c1ccc2c(c1)CC(Cc1nccc(-c3ccc(Oc4ccccc4)cc3)n1)CC2. The summed E-state index contributed by atoms with van der Waals surface area (Å²) >= 11 is 0. The molecule has 1 unspecified atom stereocenters. The van der Waals surface area contributed by atoms with Crippen molar-refractivity contribution in [2.75, 3.05) is 0 Å². The van der Waals surface area contributed by atoms with Gasteiger partial charge in [-0.25, -0.2) is 15.4 Å². The van der Waals surface area contributed by atoms with Gasteiger partial charge in [0.15, 0.2) is 0 Å². The summed E-state index contributed by atoms with van der Waals surface area (Å²) in [5.74, 6) is 2.31. The van der Waals surface area contributed by atoms with Crippen LogP contribution in [0.2, 0.25) is 0 Å². The second kappa shape index (κ2) is 9.85. The number of fused-ring (bicyclic) bond motifs is 1. The molecule has 5 rings (SSSR count). The van der Waals surface area contributed by atoms with Crippen molar-refractivity contribution in [1.29, 1.82) is 0 Å². The van der Waals surface area contributed by atoms with Gasteiger partial charge in [-0.05, 0) is 90.9 Å². The molecule has 0 aliphatic heterocycles. The van der Waals surface area contributed by atoms with Crippen LogP contribution in [0.15, 0.2) is 85.1 Å². The third kappa shape index (κ3) is 4.97. The number of benzene rings is 3. The van der Waals surface area contributed by atoms with Crippen LogP contribution in [0.4, 0.5) is 0 Å². The normalized spacial score (nSPS) is 14.8. The average molecular weight is 452 g/mol. The second-order valence-corrected chi connectivity index (χ2v) is 8.53. The number of nitrogens with zero attached hydrogens (tertiary/aromatic N) is 2. The third-order valence-electron chi connectivity index (χ3n) is 6.21. The molecule has 0 fully saturated rings. The van der Waals surface area contributed by atoms with E-state index in [2.05, 4.69) is 4.98 Å². The molecule has 1 aliphatic rings. The highest BCUT2D eigenvalue weighted by atomic mass is 16.5. The molecular weight excluding hydrogens is 426 g/mol. The lowest BCUT2D eigenvalue weighted by molar-refractivity contribution is 0.0706. The van der Waals surface area contributed by atoms with E-state index >= 15 is 0 Å². The molecule has 6 nitrogen and oxygen atoms in total. The molecule has 2 N–H and O–H groups in total. The van der Waals surface area contributed by atoms with Gasteiger partial charge in [-0.15, -0.1) is 0 Å². The summed E-state index contributed by atoms with van der Waals surface area (Å²) in [6, 6.07) is 25.2. The summed E-state index contributed by atoms with van der Waals surface area (Å²) in [7, 11) is 0. The predicted octanol–water partition coefficient (Wildman–Crippen LogP) is 5.40. The minimum Gasteiger partial charge on any atom is -0.457 e. The Hall–Kier alpha value is -4.03. The van der Waals surface area contributed by atoms with Gasteiger partial charge in [0.1, 0.15) is 17.3 Å². The molecule has 34 heavy (non-hydrogen) atoms. The van der Waals surface area contributed by atoms with E-state index in [0.717, 1.165) is 59.8 Å². The maximum Gasteiger partial charge on any atom is 0.274 e. The van der Waals surface area contributed by atoms with E-state index in [0.29, 0.717) is 11.5 Å². The Labute approximate surface area is 198 Å². The van der Waals surface area contributed by atoms with E-state index in [-0.39, 0.29) is 0 Å². The topological polar surface area (TPSA) is 84.3 Å². The Morgan fingerprint density at radius 3 is 2.56 bits per heavy atom. The molecular formula is C28H25N3O3. The fourth-order valence-corrected chi connectivity index (χ4v) is 4.45. The van der Waals surface area contributed by atoms with Crippen molar-refractivity contribution in [3.05, 3.63) is 108 Å².